The third kappa shape index (κ3) is 3.91. The van der Waals surface area contributed by atoms with Gasteiger partial charge in [0.25, 0.3) is 5.91 Å². The molecule has 1 aliphatic carbocycles. The predicted octanol–water partition coefficient (Wildman–Crippen LogP) is 1.80. The van der Waals surface area contributed by atoms with Crippen LogP contribution in [0.4, 0.5) is 11.5 Å². The van der Waals surface area contributed by atoms with Crippen LogP contribution in [-0.2, 0) is 4.79 Å². The zero-order chi connectivity index (χ0) is 17.9. The molecule has 0 radical (unpaired) electrons. The Morgan fingerprint density at radius 3 is 2.73 bits per heavy atom. The lowest BCUT2D eigenvalue weighted by molar-refractivity contribution is -0.117. The summed E-state index contributed by atoms with van der Waals surface area (Å²) in [4.78, 5) is 28.3. The average Bonchev–Trinajstić information content (AvgIpc) is 3.41. The summed E-state index contributed by atoms with van der Waals surface area (Å²) in [7, 11) is 0. The monoisotopic (exact) mass is 354 g/mol. The fraction of sp³-hybridized carbons (Fsp3) is 0.444. The van der Waals surface area contributed by atoms with E-state index in [1.807, 2.05) is 10.9 Å². The number of nitrogens with one attached hydrogen (secondary N) is 3. The van der Waals surface area contributed by atoms with Crippen molar-refractivity contribution in [3.8, 4) is 0 Å². The minimum absolute atomic E-state index is 0.0111. The van der Waals surface area contributed by atoms with Gasteiger partial charge in [0, 0.05) is 18.7 Å². The molecule has 1 atom stereocenters. The van der Waals surface area contributed by atoms with Crippen molar-refractivity contribution in [1.29, 1.82) is 0 Å². The first kappa shape index (κ1) is 16.7. The molecule has 26 heavy (non-hydrogen) atoms. The van der Waals surface area contributed by atoms with Crippen LogP contribution in [0.25, 0.3) is 0 Å². The minimum atomic E-state index is -0.274. The fourth-order valence-electron chi connectivity index (χ4n) is 3.03. The van der Waals surface area contributed by atoms with Crippen molar-refractivity contribution in [3.63, 3.8) is 0 Å². The van der Waals surface area contributed by atoms with Gasteiger partial charge >= 0.3 is 0 Å². The Kier molecular flexibility index (Phi) is 4.66. The molecule has 3 heterocycles. The summed E-state index contributed by atoms with van der Waals surface area (Å²) in [5, 5.41) is 13.3. The van der Waals surface area contributed by atoms with Gasteiger partial charge in [-0.1, -0.05) is 0 Å². The molecule has 2 aromatic heterocycles. The lowest BCUT2D eigenvalue weighted by Crippen LogP contribution is -2.32. The molecule has 0 aromatic carbocycles. The van der Waals surface area contributed by atoms with Crippen LogP contribution in [0.3, 0.4) is 0 Å². The van der Waals surface area contributed by atoms with E-state index in [0.29, 0.717) is 23.2 Å². The molecule has 8 heteroatoms. The van der Waals surface area contributed by atoms with Crippen LogP contribution in [0.1, 0.15) is 42.2 Å². The summed E-state index contributed by atoms with van der Waals surface area (Å²) in [5.41, 5.74) is 0.940. The normalized spacial score (nSPS) is 19.8. The van der Waals surface area contributed by atoms with Crippen LogP contribution in [-0.4, -0.2) is 39.7 Å². The molecule has 2 fully saturated rings. The zero-order valence-electron chi connectivity index (χ0n) is 14.4. The number of rotatable bonds is 5. The van der Waals surface area contributed by atoms with E-state index >= 15 is 0 Å². The van der Waals surface area contributed by atoms with Gasteiger partial charge in [-0.2, -0.15) is 5.10 Å². The smallest absolute Gasteiger partial charge is 0.276 e. The molecule has 1 saturated carbocycles. The number of hydrogen-bond acceptors (Lipinski definition) is 5. The van der Waals surface area contributed by atoms with Crippen LogP contribution in [0.2, 0.25) is 0 Å². The van der Waals surface area contributed by atoms with Crippen molar-refractivity contribution in [2.75, 3.05) is 23.7 Å². The van der Waals surface area contributed by atoms with Crippen LogP contribution in [0.5, 0.6) is 0 Å². The molecule has 0 bridgehead atoms. The van der Waals surface area contributed by atoms with Gasteiger partial charge in [0.1, 0.15) is 5.82 Å². The van der Waals surface area contributed by atoms with Crippen molar-refractivity contribution in [2.24, 2.45) is 5.92 Å². The van der Waals surface area contributed by atoms with E-state index in [1.165, 1.54) is 6.20 Å². The number of aromatic nitrogens is 3. The maximum Gasteiger partial charge on any atom is 0.276 e. The van der Waals surface area contributed by atoms with Crippen LogP contribution < -0.4 is 16.0 Å². The van der Waals surface area contributed by atoms with Gasteiger partial charge in [0.05, 0.1) is 17.9 Å². The second-order valence-corrected chi connectivity index (χ2v) is 6.83. The van der Waals surface area contributed by atoms with E-state index in [9.17, 15) is 9.59 Å². The highest BCUT2D eigenvalue weighted by atomic mass is 16.2. The SMILES string of the molecule is O=C(Nc1ccc(NC(=O)C2CC2)nc1)c1ccn(C2CCCNC2)n1. The second kappa shape index (κ2) is 7.25. The first-order valence-electron chi connectivity index (χ1n) is 9.03. The number of carbonyl (C=O) groups excluding carboxylic acids is 2. The summed E-state index contributed by atoms with van der Waals surface area (Å²) < 4.78 is 1.86. The van der Waals surface area contributed by atoms with Crippen LogP contribution in [0.15, 0.2) is 30.6 Å². The number of pyridine rings is 1. The van der Waals surface area contributed by atoms with Crippen molar-refractivity contribution in [3.05, 3.63) is 36.3 Å². The zero-order valence-corrected chi connectivity index (χ0v) is 14.4. The molecule has 4 rings (SSSR count). The topological polar surface area (TPSA) is 101 Å². The Balaban J connectivity index is 1.35. The molecule has 8 nitrogen and oxygen atoms in total. The fourth-order valence-corrected chi connectivity index (χ4v) is 3.03. The lowest BCUT2D eigenvalue weighted by Gasteiger charge is -2.22. The highest BCUT2D eigenvalue weighted by molar-refractivity contribution is 6.02. The molecule has 1 aliphatic heterocycles. The average molecular weight is 354 g/mol. The van der Waals surface area contributed by atoms with Crippen LogP contribution >= 0.6 is 0 Å². The molecule has 1 saturated heterocycles. The maximum absolute atomic E-state index is 12.4. The third-order valence-corrected chi connectivity index (χ3v) is 4.71. The van der Waals surface area contributed by atoms with E-state index in [2.05, 4.69) is 26.0 Å². The van der Waals surface area contributed by atoms with E-state index in [0.717, 1.165) is 38.8 Å². The van der Waals surface area contributed by atoms with E-state index in [-0.39, 0.29) is 17.7 Å². The van der Waals surface area contributed by atoms with Crippen LogP contribution in [0, 0.1) is 5.92 Å². The predicted molar refractivity (Wildman–Crippen MR) is 96.9 cm³/mol. The Bertz CT molecular complexity index is 790. The Morgan fingerprint density at radius 2 is 2.04 bits per heavy atom. The van der Waals surface area contributed by atoms with Crippen molar-refractivity contribution in [2.45, 2.75) is 31.7 Å². The molecular weight excluding hydrogens is 332 g/mol. The molecule has 2 aliphatic rings. The first-order valence-corrected chi connectivity index (χ1v) is 9.03. The quantitative estimate of drug-likeness (QED) is 0.760. The molecule has 0 spiro atoms. The molecule has 136 valence electrons. The third-order valence-electron chi connectivity index (χ3n) is 4.71. The number of amides is 2. The molecular formula is C18H22N6O2. The highest BCUT2D eigenvalue weighted by Crippen LogP contribution is 2.30. The molecule has 3 N–H and O–H groups in total. The summed E-state index contributed by atoms with van der Waals surface area (Å²) in [6.45, 7) is 1.91. The second-order valence-electron chi connectivity index (χ2n) is 6.83. The standard InChI is InChI=1S/C18H22N6O2/c25-17(12-3-4-12)22-16-6-5-13(10-20-16)21-18(26)15-7-9-24(23-15)14-2-1-8-19-11-14/h5-7,9-10,12,14,19H,1-4,8,11H2,(H,21,26)(H,20,22,25). The molecule has 1 unspecified atom stereocenters. The number of piperidine rings is 1. The van der Waals surface area contributed by atoms with Gasteiger partial charge in [-0.15, -0.1) is 0 Å². The first-order chi connectivity index (χ1) is 12.7. The number of nitrogens with zero attached hydrogens (tertiary/aromatic N) is 3. The van der Waals surface area contributed by atoms with Crippen molar-refractivity contribution in [1.82, 2.24) is 20.1 Å². The Morgan fingerprint density at radius 1 is 1.15 bits per heavy atom. The number of anilines is 2. The molecule has 2 aromatic rings. The Labute approximate surface area is 151 Å². The highest BCUT2D eigenvalue weighted by Gasteiger charge is 2.29. The maximum atomic E-state index is 12.4. The van der Waals surface area contributed by atoms with Crippen molar-refractivity contribution >= 4 is 23.3 Å². The summed E-state index contributed by atoms with van der Waals surface area (Å²) >= 11 is 0. The van der Waals surface area contributed by atoms with Gasteiger partial charge in [-0.3, -0.25) is 14.3 Å². The number of carbonyl (C=O) groups is 2. The van der Waals surface area contributed by atoms with E-state index < -0.39 is 0 Å². The van der Waals surface area contributed by atoms with Gasteiger partial charge in [0.2, 0.25) is 5.91 Å². The van der Waals surface area contributed by atoms with Gasteiger partial charge in [0.15, 0.2) is 5.69 Å². The van der Waals surface area contributed by atoms with E-state index in [1.54, 1.807) is 18.2 Å². The van der Waals surface area contributed by atoms with E-state index in [4.69, 9.17) is 0 Å². The minimum Gasteiger partial charge on any atom is -0.319 e. The number of hydrogen-bond donors (Lipinski definition) is 3. The van der Waals surface area contributed by atoms with Gasteiger partial charge in [-0.25, -0.2) is 4.98 Å². The lowest BCUT2D eigenvalue weighted by atomic mass is 10.1. The molecule has 2 amide bonds. The van der Waals surface area contributed by atoms with Gasteiger partial charge < -0.3 is 16.0 Å². The van der Waals surface area contributed by atoms with Gasteiger partial charge in [-0.05, 0) is 50.4 Å². The van der Waals surface area contributed by atoms with Crippen molar-refractivity contribution < 1.29 is 9.59 Å². The summed E-state index contributed by atoms with van der Waals surface area (Å²) in [6.07, 6.45) is 7.45. The largest absolute Gasteiger partial charge is 0.319 e. The summed E-state index contributed by atoms with van der Waals surface area (Å²) in [5.74, 6) is 0.362. The Hall–Kier alpha value is -2.74. The summed E-state index contributed by atoms with van der Waals surface area (Å²) in [6, 6.07) is 5.42.